The first kappa shape index (κ1) is 14.6. The van der Waals surface area contributed by atoms with Crippen molar-refractivity contribution in [3.63, 3.8) is 0 Å². The zero-order chi connectivity index (χ0) is 11.1. The topological polar surface area (TPSA) is 34.1 Å². The van der Waals surface area contributed by atoms with Crippen LogP contribution in [0.4, 0.5) is 0 Å². The first-order valence-electron chi connectivity index (χ1n) is 4.08. The number of hydrogen-bond donors (Lipinski definition) is 0. The van der Waals surface area contributed by atoms with Gasteiger partial charge in [-0.1, -0.05) is 35.4 Å². The highest BCUT2D eigenvalue weighted by Crippen LogP contribution is 2.27. The Balaban J connectivity index is 3.47. The molecule has 0 saturated heterocycles. The highest BCUT2D eigenvalue weighted by atomic mass is 35.5. The predicted molar refractivity (Wildman–Crippen MR) is 65.0 cm³/mol. The molecule has 0 aromatic carbocycles. The molecular weight excluding hydrogens is 263 g/mol. The second-order valence-corrected chi connectivity index (χ2v) is 6.28. The summed E-state index contributed by atoms with van der Waals surface area (Å²) >= 11 is 10.6. The van der Waals surface area contributed by atoms with Gasteiger partial charge in [0, 0.05) is 23.3 Å². The second kappa shape index (κ2) is 7.85. The molecule has 0 bridgehead atoms. The average molecular weight is 275 g/mol. The van der Waals surface area contributed by atoms with Crippen molar-refractivity contribution in [2.75, 3.05) is 11.5 Å². The van der Waals surface area contributed by atoms with Crippen LogP contribution in [0, 0.1) is 11.8 Å². The molecule has 0 heterocycles. The van der Waals surface area contributed by atoms with E-state index in [4.69, 9.17) is 23.2 Å². The van der Waals surface area contributed by atoms with E-state index in [2.05, 4.69) is 0 Å². The number of hydrogen-bond acceptors (Lipinski definition) is 4. The molecule has 0 aromatic rings. The zero-order valence-corrected chi connectivity index (χ0v) is 11.1. The highest BCUT2D eigenvalue weighted by molar-refractivity contribution is 8.76. The van der Waals surface area contributed by atoms with Gasteiger partial charge >= 0.3 is 0 Å². The number of carbonyl (C=O) groups excluding carboxylic acids is 2. The summed E-state index contributed by atoms with van der Waals surface area (Å²) in [7, 11) is 3.07. The quantitative estimate of drug-likeness (QED) is 0.406. The van der Waals surface area contributed by atoms with Gasteiger partial charge in [0.1, 0.15) is 0 Å². The Hall–Kier alpha value is 0.620. The lowest BCUT2D eigenvalue weighted by molar-refractivity contribution is -0.114. The van der Waals surface area contributed by atoms with Crippen molar-refractivity contribution in [2.24, 2.45) is 11.8 Å². The van der Waals surface area contributed by atoms with Gasteiger partial charge in [-0.25, -0.2) is 0 Å². The van der Waals surface area contributed by atoms with Crippen molar-refractivity contribution < 1.29 is 9.59 Å². The van der Waals surface area contributed by atoms with Crippen molar-refractivity contribution >= 4 is 55.3 Å². The van der Waals surface area contributed by atoms with Gasteiger partial charge in [-0.2, -0.15) is 0 Å². The van der Waals surface area contributed by atoms with Crippen LogP contribution in [0.3, 0.4) is 0 Å². The summed E-state index contributed by atoms with van der Waals surface area (Å²) in [5.74, 6) is 1.04. The van der Waals surface area contributed by atoms with E-state index in [9.17, 15) is 9.59 Å². The first-order valence-corrected chi connectivity index (χ1v) is 7.32. The summed E-state index contributed by atoms with van der Waals surface area (Å²) in [5, 5.41) is -0.640. The maximum atomic E-state index is 10.6. The van der Waals surface area contributed by atoms with E-state index in [1.807, 2.05) is 0 Å². The van der Waals surface area contributed by atoms with E-state index < -0.39 is 0 Å². The summed E-state index contributed by atoms with van der Waals surface area (Å²) in [4.78, 5) is 21.3. The molecule has 0 aliphatic heterocycles. The first-order chi connectivity index (χ1) is 6.45. The van der Waals surface area contributed by atoms with Crippen molar-refractivity contribution in [1.29, 1.82) is 0 Å². The molecule has 0 saturated carbocycles. The second-order valence-electron chi connectivity index (χ2n) is 2.98. The lowest BCUT2D eigenvalue weighted by Gasteiger charge is -2.07. The highest BCUT2D eigenvalue weighted by Gasteiger charge is 2.12. The Bertz CT molecular complexity index is 190. The molecule has 0 radical (unpaired) electrons. The van der Waals surface area contributed by atoms with Crippen LogP contribution >= 0.6 is 44.8 Å². The molecule has 2 atom stereocenters. The van der Waals surface area contributed by atoms with Gasteiger partial charge in [-0.3, -0.25) is 9.59 Å². The smallest absolute Gasteiger partial charge is 0.225 e. The molecule has 0 N–H and O–H groups in total. The summed E-state index contributed by atoms with van der Waals surface area (Å²) in [6, 6.07) is 0. The fourth-order valence-corrected chi connectivity index (χ4v) is 3.47. The van der Waals surface area contributed by atoms with Gasteiger partial charge in [-0.05, 0) is 23.2 Å². The van der Waals surface area contributed by atoms with Gasteiger partial charge < -0.3 is 0 Å². The minimum absolute atomic E-state index is 0.142. The minimum atomic E-state index is -0.320. The summed E-state index contributed by atoms with van der Waals surface area (Å²) in [6.07, 6.45) is 0. The Kier molecular flexibility index (Phi) is 8.20. The molecule has 0 rings (SSSR count). The maximum absolute atomic E-state index is 10.6. The van der Waals surface area contributed by atoms with E-state index in [-0.39, 0.29) is 22.3 Å². The molecule has 2 unspecified atom stereocenters. The van der Waals surface area contributed by atoms with Crippen molar-refractivity contribution in [3.05, 3.63) is 0 Å². The van der Waals surface area contributed by atoms with E-state index in [0.717, 1.165) is 0 Å². The molecule has 82 valence electrons. The van der Waals surface area contributed by atoms with Crippen molar-refractivity contribution in [3.8, 4) is 0 Å². The summed E-state index contributed by atoms with van der Waals surface area (Å²) in [5.41, 5.74) is 0. The molecule has 0 aliphatic carbocycles. The average Bonchev–Trinajstić information content (AvgIpc) is 2.11. The lowest BCUT2D eigenvalue weighted by Crippen LogP contribution is -2.07. The Morgan fingerprint density at radius 1 is 1.00 bits per heavy atom. The monoisotopic (exact) mass is 274 g/mol. The van der Waals surface area contributed by atoms with Crippen LogP contribution in [0.5, 0.6) is 0 Å². The third kappa shape index (κ3) is 6.98. The van der Waals surface area contributed by atoms with Gasteiger partial charge in [0.2, 0.25) is 10.5 Å². The molecule has 2 nitrogen and oxygen atoms in total. The molecule has 0 aromatic heterocycles. The van der Waals surface area contributed by atoms with E-state index in [1.54, 1.807) is 13.8 Å². The Labute approximate surface area is 102 Å². The summed E-state index contributed by atoms with van der Waals surface area (Å²) in [6.45, 7) is 3.55. The SMILES string of the molecule is CC(CSSCC(C)C(=O)Cl)C(=O)Cl. The molecule has 0 fully saturated rings. The molecule has 6 heteroatoms. The number of halogens is 2. The van der Waals surface area contributed by atoms with E-state index in [0.29, 0.717) is 11.5 Å². The number of rotatable bonds is 7. The molecule has 0 aliphatic rings. The van der Waals surface area contributed by atoms with Gasteiger partial charge in [0.05, 0.1) is 0 Å². The Morgan fingerprint density at radius 3 is 1.50 bits per heavy atom. The van der Waals surface area contributed by atoms with Crippen LogP contribution in [0.2, 0.25) is 0 Å². The van der Waals surface area contributed by atoms with Crippen LogP contribution < -0.4 is 0 Å². The summed E-state index contributed by atoms with van der Waals surface area (Å²) < 4.78 is 0. The number of carbonyl (C=O) groups is 2. The van der Waals surface area contributed by atoms with Gasteiger partial charge in [0.25, 0.3) is 0 Å². The normalized spacial score (nSPS) is 14.9. The third-order valence-electron chi connectivity index (χ3n) is 1.49. The van der Waals surface area contributed by atoms with Crippen LogP contribution in [0.25, 0.3) is 0 Å². The van der Waals surface area contributed by atoms with Crippen molar-refractivity contribution in [1.82, 2.24) is 0 Å². The fraction of sp³-hybridized carbons (Fsp3) is 0.750. The molecule has 0 amide bonds. The van der Waals surface area contributed by atoms with Gasteiger partial charge in [-0.15, -0.1) is 0 Å². The largest absolute Gasteiger partial charge is 0.281 e. The maximum Gasteiger partial charge on any atom is 0.225 e. The zero-order valence-electron chi connectivity index (χ0n) is 7.96. The van der Waals surface area contributed by atoms with Crippen LogP contribution in [-0.4, -0.2) is 22.0 Å². The van der Waals surface area contributed by atoms with Crippen LogP contribution in [0.15, 0.2) is 0 Å². The fourth-order valence-electron chi connectivity index (χ4n) is 0.431. The minimum Gasteiger partial charge on any atom is -0.281 e. The van der Waals surface area contributed by atoms with Crippen LogP contribution in [-0.2, 0) is 9.59 Å². The Morgan fingerprint density at radius 2 is 1.29 bits per heavy atom. The molecule has 14 heavy (non-hydrogen) atoms. The van der Waals surface area contributed by atoms with E-state index in [1.165, 1.54) is 21.6 Å². The van der Waals surface area contributed by atoms with Crippen LogP contribution in [0.1, 0.15) is 13.8 Å². The third-order valence-corrected chi connectivity index (χ3v) is 4.99. The lowest BCUT2D eigenvalue weighted by atomic mass is 10.2. The van der Waals surface area contributed by atoms with Gasteiger partial charge in [0.15, 0.2) is 0 Å². The van der Waals surface area contributed by atoms with E-state index >= 15 is 0 Å². The predicted octanol–water partition coefficient (Wildman–Crippen LogP) is 3.17. The van der Waals surface area contributed by atoms with Crippen molar-refractivity contribution in [2.45, 2.75) is 13.8 Å². The standard InChI is InChI=1S/C8H12Cl2O2S2/c1-5(7(9)11)3-13-14-4-6(2)8(10)12/h5-6H,3-4H2,1-2H3. The molecular formula is C8H12Cl2O2S2. The molecule has 0 spiro atoms.